The van der Waals surface area contributed by atoms with Gasteiger partial charge in [-0.1, -0.05) is 66.7 Å². The highest BCUT2D eigenvalue weighted by atomic mass is 16.5. The summed E-state index contributed by atoms with van der Waals surface area (Å²) in [6, 6.07) is 30.7. The summed E-state index contributed by atoms with van der Waals surface area (Å²) in [6.07, 6.45) is 0. The van der Waals surface area contributed by atoms with Crippen molar-refractivity contribution in [1.82, 2.24) is 4.98 Å². The van der Waals surface area contributed by atoms with Crippen molar-refractivity contribution in [3.8, 4) is 45.1 Å². The molecule has 1 heterocycles. The number of methoxy groups -OCH3 is 2. The summed E-state index contributed by atoms with van der Waals surface area (Å²) in [5.74, 6) is 1.42. The molecule has 3 nitrogen and oxygen atoms in total. The highest BCUT2D eigenvalue weighted by Gasteiger charge is 2.11. The van der Waals surface area contributed by atoms with Gasteiger partial charge in [-0.3, -0.25) is 0 Å². The van der Waals surface area contributed by atoms with Gasteiger partial charge in [-0.2, -0.15) is 0 Å². The van der Waals surface area contributed by atoms with Crippen molar-refractivity contribution in [2.24, 2.45) is 0 Å². The van der Waals surface area contributed by atoms with E-state index in [2.05, 4.69) is 36.4 Å². The second-order valence-corrected chi connectivity index (χ2v) is 6.43. The molecule has 4 rings (SSSR count). The van der Waals surface area contributed by atoms with Crippen LogP contribution in [0.4, 0.5) is 0 Å². The second kappa shape index (κ2) is 7.97. The minimum atomic E-state index is 0.708. The molecular formula is C25H21NO2. The van der Waals surface area contributed by atoms with Crippen LogP contribution in [0, 0.1) is 0 Å². The predicted molar refractivity (Wildman–Crippen MR) is 114 cm³/mol. The maximum Gasteiger partial charge on any atom is 0.161 e. The highest BCUT2D eigenvalue weighted by molar-refractivity contribution is 5.77. The third-order valence-electron chi connectivity index (χ3n) is 4.68. The van der Waals surface area contributed by atoms with Crippen LogP contribution in [0.5, 0.6) is 11.5 Å². The van der Waals surface area contributed by atoms with Crippen LogP contribution < -0.4 is 9.47 Å². The molecule has 0 saturated carbocycles. The summed E-state index contributed by atoms with van der Waals surface area (Å²) < 4.78 is 10.9. The molecule has 0 aliphatic rings. The normalized spacial score (nSPS) is 10.5. The lowest BCUT2D eigenvalue weighted by Gasteiger charge is -2.12. The molecule has 0 unspecified atom stereocenters. The molecule has 3 aromatic carbocycles. The van der Waals surface area contributed by atoms with Gasteiger partial charge in [0, 0.05) is 11.1 Å². The first-order valence-corrected chi connectivity index (χ1v) is 9.14. The molecule has 0 radical (unpaired) electrons. The summed E-state index contributed by atoms with van der Waals surface area (Å²) in [7, 11) is 3.30. The van der Waals surface area contributed by atoms with Crippen molar-refractivity contribution in [3.05, 3.63) is 91.0 Å². The summed E-state index contributed by atoms with van der Waals surface area (Å²) in [6.45, 7) is 0. The molecule has 0 N–H and O–H groups in total. The van der Waals surface area contributed by atoms with Gasteiger partial charge in [-0.15, -0.1) is 0 Å². The number of rotatable bonds is 5. The molecule has 0 saturated heterocycles. The van der Waals surface area contributed by atoms with Gasteiger partial charge in [-0.25, -0.2) is 4.98 Å². The lowest BCUT2D eigenvalue weighted by atomic mass is 9.99. The van der Waals surface area contributed by atoms with Crippen LogP contribution in [-0.4, -0.2) is 19.2 Å². The highest BCUT2D eigenvalue weighted by Crippen LogP contribution is 2.35. The van der Waals surface area contributed by atoms with Crippen molar-refractivity contribution in [2.75, 3.05) is 14.2 Å². The van der Waals surface area contributed by atoms with Gasteiger partial charge in [0.1, 0.15) is 0 Å². The Bertz CT molecular complexity index is 1020. The molecule has 28 heavy (non-hydrogen) atoms. The van der Waals surface area contributed by atoms with Gasteiger partial charge in [0.05, 0.1) is 25.6 Å². The number of nitrogens with zero attached hydrogens (tertiary/aromatic N) is 1. The lowest BCUT2D eigenvalue weighted by molar-refractivity contribution is 0.355. The molecule has 3 heteroatoms. The van der Waals surface area contributed by atoms with Crippen LogP contribution in [0.2, 0.25) is 0 Å². The molecule has 0 atom stereocenters. The predicted octanol–water partition coefficient (Wildman–Crippen LogP) is 6.10. The Morgan fingerprint density at radius 1 is 0.500 bits per heavy atom. The molecule has 1 aromatic heterocycles. The lowest BCUT2D eigenvalue weighted by Crippen LogP contribution is -1.93. The number of pyridine rings is 1. The van der Waals surface area contributed by atoms with Crippen LogP contribution in [0.15, 0.2) is 91.0 Å². The van der Waals surface area contributed by atoms with Crippen LogP contribution >= 0.6 is 0 Å². The summed E-state index contributed by atoms with van der Waals surface area (Å²) in [5.41, 5.74) is 6.17. The van der Waals surface area contributed by atoms with Gasteiger partial charge in [0.15, 0.2) is 11.5 Å². The number of ether oxygens (including phenoxy) is 2. The molecule has 0 spiro atoms. The maximum absolute atomic E-state index is 5.49. The zero-order valence-electron chi connectivity index (χ0n) is 15.9. The van der Waals surface area contributed by atoms with E-state index >= 15 is 0 Å². The Morgan fingerprint density at radius 2 is 1.04 bits per heavy atom. The first kappa shape index (κ1) is 17.8. The van der Waals surface area contributed by atoms with E-state index in [9.17, 15) is 0 Å². The minimum Gasteiger partial charge on any atom is -0.493 e. The van der Waals surface area contributed by atoms with Crippen molar-refractivity contribution < 1.29 is 9.47 Å². The monoisotopic (exact) mass is 367 g/mol. The molecule has 0 amide bonds. The molecule has 0 aliphatic carbocycles. The SMILES string of the molecule is COc1ccc(-c2cc(-c3ccccc3)nc(-c3ccccc3)c2)cc1OC. The van der Waals surface area contributed by atoms with Crippen molar-refractivity contribution in [3.63, 3.8) is 0 Å². The van der Waals surface area contributed by atoms with Crippen LogP contribution in [0.3, 0.4) is 0 Å². The maximum atomic E-state index is 5.49. The van der Waals surface area contributed by atoms with E-state index in [-0.39, 0.29) is 0 Å². The molecular weight excluding hydrogens is 346 g/mol. The topological polar surface area (TPSA) is 31.4 Å². The molecule has 138 valence electrons. The Kier molecular flexibility index (Phi) is 5.07. The fourth-order valence-electron chi connectivity index (χ4n) is 3.23. The van der Waals surface area contributed by atoms with E-state index in [0.29, 0.717) is 11.5 Å². The Balaban J connectivity index is 1.89. The van der Waals surface area contributed by atoms with Crippen molar-refractivity contribution in [2.45, 2.75) is 0 Å². The van der Waals surface area contributed by atoms with E-state index in [1.54, 1.807) is 14.2 Å². The third kappa shape index (κ3) is 3.60. The number of hydrogen-bond acceptors (Lipinski definition) is 3. The average molecular weight is 367 g/mol. The van der Waals surface area contributed by atoms with Crippen LogP contribution in [0.25, 0.3) is 33.6 Å². The first-order valence-electron chi connectivity index (χ1n) is 9.14. The fourth-order valence-corrected chi connectivity index (χ4v) is 3.23. The minimum absolute atomic E-state index is 0.708. The number of aromatic nitrogens is 1. The largest absolute Gasteiger partial charge is 0.493 e. The second-order valence-electron chi connectivity index (χ2n) is 6.43. The van der Waals surface area contributed by atoms with Gasteiger partial charge < -0.3 is 9.47 Å². The van der Waals surface area contributed by atoms with E-state index < -0.39 is 0 Å². The van der Waals surface area contributed by atoms with Crippen LogP contribution in [-0.2, 0) is 0 Å². The Morgan fingerprint density at radius 3 is 1.54 bits per heavy atom. The van der Waals surface area contributed by atoms with Gasteiger partial charge >= 0.3 is 0 Å². The zero-order valence-corrected chi connectivity index (χ0v) is 15.9. The molecule has 0 aliphatic heterocycles. The van der Waals surface area contributed by atoms with Gasteiger partial charge in [0.25, 0.3) is 0 Å². The summed E-state index contributed by atoms with van der Waals surface area (Å²) in [4.78, 5) is 4.92. The van der Waals surface area contributed by atoms with E-state index in [4.69, 9.17) is 14.5 Å². The standard InChI is InChI=1S/C25H21NO2/c1-27-24-14-13-20(17-25(24)28-2)21-15-22(18-9-5-3-6-10-18)26-23(16-21)19-11-7-4-8-12-19/h3-17H,1-2H3. The van der Waals surface area contributed by atoms with E-state index in [1.807, 2.05) is 54.6 Å². The molecule has 0 fully saturated rings. The number of hydrogen-bond donors (Lipinski definition) is 0. The van der Waals surface area contributed by atoms with E-state index in [1.165, 1.54) is 0 Å². The average Bonchev–Trinajstić information content (AvgIpc) is 2.79. The van der Waals surface area contributed by atoms with E-state index in [0.717, 1.165) is 33.6 Å². The molecule has 4 aromatic rings. The number of benzene rings is 3. The van der Waals surface area contributed by atoms with Crippen LogP contribution in [0.1, 0.15) is 0 Å². The third-order valence-corrected chi connectivity index (χ3v) is 4.68. The first-order chi connectivity index (χ1) is 13.8. The van der Waals surface area contributed by atoms with Crippen molar-refractivity contribution in [1.29, 1.82) is 0 Å². The van der Waals surface area contributed by atoms with Gasteiger partial charge in [0.2, 0.25) is 0 Å². The summed E-state index contributed by atoms with van der Waals surface area (Å²) in [5, 5.41) is 0. The smallest absolute Gasteiger partial charge is 0.161 e. The summed E-state index contributed by atoms with van der Waals surface area (Å²) >= 11 is 0. The van der Waals surface area contributed by atoms with Crippen molar-refractivity contribution >= 4 is 0 Å². The fraction of sp³-hybridized carbons (Fsp3) is 0.0800. The molecule has 0 bridgehead atoms. The quantitative estimate of drug-likeness (QED) is 0.427. The Hall–Kier alpha value is -3.59. The Labute approximate surface area is 165 Å². The van der Waals surface area contributed by atoms with Gasteiger partial charge in [-0.05, 0) is 35.4 Å². The zero-order chi connectivity index (χ0) is 19.3.